The van der Waals surface area contributed by atoms with Gasteiger partial charge in [-0.1, -0.05) is 55.9 Å². The van der Waals surface area contributed by atoms with Crippen LogP contribution in [0.25, 0.3) is 0 Å². The maximum atomic E-state index is 2.38. The molecule has 1 atom stereocenters. The lowest BCUT2D eigenvalue weighted by molar-refractivity contribution is 0.504. The first-order valence-electron chi connectivity index (χ1n) is 5.99. The molecular weight excluding hydrogens is 180 g/mol. The van der Waals surface area contributed by atoms with Gasteiger partial charge in [0.05, 0.1) is 0 Å². The molecule has 0 amide bonds. The Morgan fingerprint density at radius 2 is 2.13 bits per heavy atom. The van der Waals surface area contributed by atoms with Crippen LogP contribution in [0.3, 0.4) is 0 Å². The third-order valence-electron chi connectivity index (χ3n) is 3.16. The van der Waals surface area contributed by atoms with Gasteiger partial charge < -0.3 is 0 Å². The van der Waals surface area contributed by atoms with Crippen molar-refractivity contribution in [3.05, 3.63) is 47.6 Å². The van der Waals surface area contributed by atoms with Crippen LogP contribution in [-0.4, -0.2) is 0 Å². The summed E-state index contributed by atoms with van der Waals surface area (Å²) in [6.07, 6.45) is 17.3. The fraction of sp³-hybridized carbons (Fsp3) is 0.467. The average molecular weight is 200 g/mol. The number of allylic oxidation sites excluding steroid dienone is 8. The van der Waals surface area contributed by atoms with Crippen molar-refractivity contribution in [2.24, 2.45) is 11.8 Å². The molecule has 0 saturated heterocycles. The summed E-state index contributed by atoms with van der Waals surface area (Å²) in [5.74, 6) is 1.44. The standard InChI is InChI=1S/C15H20/c1-12(2)11-15(13-7-3-4-8-13)14-9-5-6-10-14/h3-5,7,9-10,12,15H,6,8,11H2,1-2H3. The lowest BCUT2D eigenvalue weighted by Crippen LogP contribution is -2.08. The Bertz CT molecular complexity index is 337. The highest BCUT2D eigenvalue weighted by Crippen LogP contribution is 2.34. The van der Waals surface area contributed by atoms with E-state index in [0.29, 0.717) is 5.92 Å². The molecule has 15 heavy (non-hydrogen) atoms. The van der Waals surface area contributed by atoms with E-state index in [0.717, 1.165) is 18.8 Å². The largest absolute Gasteiger partial charge is 0.0804 e. The first-order valence-corrected chi connectivity index (χ1v) is 5.99. The summed E-state index contributed by atoms with van der Waals surface area (Å²) < 4.78 is 0. The van der Waals surface area contributed by atoms with E-state index in [1.807, 2.05) is 0 Å². The zero-order chi connectivity index (χ0) is 10.7. The van der Waals surface area contributed by atoms with Gasteiger partial charge in [0.1, 0.15) is 0 Å². The van der Waals surface area contributed by atoms with Crippen LogP contribution in [-0.2, 0) is 0 Å². The molecule has 0 radical (unpaired) electrons. The molecule has 0 aliphatic heterocycles. The van der Waals surface area contributed by atoms with E-state index in [-0.39, 0.29) is 0 Å². The van der Waals surface area contributed by atoms with Crippen molar-refractivity contribution in [1.82, 2.24) is 0 Å². The van der Waals surface area contributed by atoms with Crippen molar-refractivity contribution in [2.45, 2.75) is 33.1 Å². The van der Waals surface area contributed by atoms with Gasteiger partial charge in [0.25, 0.3) is 0 Å². The number of hydrogen-bond donors (Lipinski definition) is 0. The van der Waals surface area contributed by atoms with Gasteiger partial charge in [-0.2, -0.15) is 0 Å². The molecule has 0 nitrogen and oxygen atoms in total. The Morgan fingerprint density at radius 3 is 2.67 bits per heavy atom. The number of hydrogen-bond acceptors (Lipinski definition) is 0. The molecule has 0 heteroatoms. The predicted octanol–water partition coefficient (Wildman–Crippen LogP) is 4.42. The van der Waals surface area contributed by atoms with E-state index >= 15 is 0 Å². The van der Waals surface area contributed by atoms with Crippen LogP contribution in [0, 0.1) is 11.8 Å². The van der Waals surface area contributed by atoms with Gasteiger partial charge in [-0.05, 0) is 30.8 Å². The lowest BCUT2D eigenvalue weighted by atomic mass is 9.84. The van der Waals surface area contributed by atoms with E-state index < -0.39 is 0 Å². The van der Waals surface area contributed by atoms with E-state index in [2.05, 4.69) is 50.3 Å². The Labute approximate surface area is 93.1 Å². The van der Waals surface area contributed by atoms with Crippen molar-refractivity contribution in [1.29, 1.82) is 0 Å². The molecule has 2 aliphatic carbocycles. The fourth-order valence-corrected chi connectivity index (χ4v) is 2.43. The summed E-state index contributed by atoms with van der Waals surface area (Å²) in [5.41, 5.74) is 3.14. The first kappa shape index (κ1) is 10.5. The molecule has 0 aromatic heterocycles. The minimum Gasteiger partial charge on any atom is -0.0804 e. The van der Waals surface area contributed by atoms with Crippen molar-refractivity contribution in [2.75, 3.05) is 0 Å². The van der Waals surface area contributed by atoms with Gasteiger partial charge in [-0.3, -0.25) is 0 Å². The van der Waals surface area contributed by atoms with Crippen LogP contribution in [0.2, 0.25) is 0 Å². The Kier molecular flexibility index (Phi) is 3.25. The fourth-order valence-electron chi connectivity index (χ4n) is 2.43. The van der Waals surface area contributed by atoms with Crippen LogP contribution < -0.4 is 0 Å². The van der Waals surface area contributed by atoms with E-state index in [4.69, 9.17) is 0 Å². The van der Waals surface area contributed by atoms with Gasteiger partial charge in [0.2, 0.25) is 0 Å². The van der Waals surface area contributed by atoms with Gasteiger partial charge in [0.15, 0.2) is 0 Å². The quantitative estimate of drug-likeness (QED) is 0.630. The second kappa shape index (κ2) is 4.65. The molecule has 0 aromatic rings. The topological polar surface area (TPSA) is 0 Å². The smallest absolute Gasteiger partial charge is 0.00536 e. The maximum absolute atomic E-state index is 2.38. The molecule has 2 rings (SSSR count). The lowest BCUT2D eigenvalue weighted by Gasteiger charge is -2.21. The molecule has 0 fully saturated rings. The van der Waals surface area contributed by atoms with Gasteiger partial charge in [0, 0.05) is 5.92 Å². The molecule has 0 bridgehead atoms. The molecule has 0 heterocycles. The molecule has 0 aromatic carbocycles. The first-order chi connectivity index (χ1) is 7.27. The highest BCUT2D eigenvalue weighted by Gasteiger charge is 2.20. The van der Waals surface area contributed by atoms with Crippen LogP contribution in [0.15, 0.2) is 47.6 Å². The minimum atomic E-state index is 0.666. The normalized spacial score (nSPS) is 21.0. The number of rotatable bonds is 4. The van der Waals surface area contributed by atoms with Crippen LogP contribution in [0.4, 0.5) is 0 Å². The predicted molar refractivity (Wildman–Crippen MR) is 66.6 cm³/mol. The van der Waals surface area contributed by atoms with Crippen LogP contribution in [0.5, 0.6) is 0 Å². The van der Waals surface area contributed by atoms with E-state index in [1.165, 1.54) is 6.42 Å². The SMILES string of the molecule is CC(C)CC(C1=CCC=C1)C1=CC=CC1. The summed E-state index contributed by atoms with van der Waals surface area (Å²) >= 11 is 0. The van der Waals surface area contributed by atoms with Crippen LogP contribution in [0.1, 0.15) is 33.1 Å². The molecule has 0 N–H and O–H groups in total. The second-order valence-electron chi connectivity index (χ2n) is 4.90. The molecule has 2 aliphatic rings. The van der Waals surface area contributed by atoms with Gasteiger partial charge in [-0.25, -0.2) is 0 Å². The average Bonchev–Trinajstić information content (AvgIpc) is 2.87. The van der Waals surface area contributed by atoms with Gasteiger partial charge >= 0.3 is 0 Å². The summed E-state index contributed by atoms with van der Waals surface area (Å²) in [6.45, 7) is 4.63. The monoisotopic (exact) mass is 200 g/mol. The summed E-state index contributed by atoms with van der Waals surface area (Å²) in [5, 5.41) is 0. The van der Waals surface area contributed by atoms with Crippen molar-refractivity contribution >= 4 is 0 Å². The summed E-state index contributed by atoms with van der Waals surface area (Å²) in [6, 6.07) is 0. The van der Waals surface area contributed by atoms with Crippen molar-refractivity contribution in [3.8, 4) is 0 Å². The minimum absolute atomic E-state index is 0.666. The van der Waals surface area contributed by atoms with E-state index in [1.54, 1.807) is 11.1 Å². The highest BCUT2D eigenvalue weighted by atomic mass is 14.2. The molecule has 0 saturated carbocycles. The van der Waals surface area contributed by atoms with E-state index in [9.17, 15) is 0 Å². The molecular formula is C15H20. The third-order valence-corrected chi connectivity index (χ3v) is 3.16. The summed E-state index contributed by atoms with van der Waals surface area (Å²) in [4.78, 5) is 0. The highest BCUT2D eigenvalue weighted by molar-refractivity contribution is 5.38. The zero-order valence-electron chi connectivity index (χ0n) is 9.74. The van der Waals surface area contributed by atoms with Gasteiger partial charge in [-0.15, -0.1) is 0 Å². The third kappa shape index (κ3) is 2.50. The second-order valence-corrected chi connectivity index (χ2v) is 4.90. The molecule has 0 spiro atoms. The molecule has 1 unspecified atom stereocenters. The van der Waals surface area contributed by atoms with Crippen molar-refractivity contribution in [3.63, 3.8) is 0 Å². The Hall–Kier alpha value is -1.04. The molecule has 80 valence electrons. The Balaban J connectivity index is 2.12. The summed E-state index contributed by atoms with van der Waals surface area (Å²) in [7, 11) is 0. The van der Waals surface area contributed by atoms with Crippen molar-refractivity contribution < 1.29 is 0 Å². The Morgan fingerprint density at radius 1 is 1.27 bits per heavy atom. The van der Waals surface area contributed by atoms with Crippen LogP contribution >= 0.6 is 0 Å². The zero-order valence-corrected chi connectivity index (χ0v) is 9.74. The maximum Gasteiger partial charge on any atom is 0.00536 e.